The van der Waals surface area contributed by atoms with Gasteiger partial charge in [0.1, 0.15) is 11.4 Å². The molecule has 5 heteroatoms. The zero-order chi connectivity index (χ0) is 20.3. The molecule has 1 saturated carbocycles. The molecule has 0 spiro atoms. The normalized spacial score (nSPS) is 21.4. The van der Waals surface area contributed by atoms with Crippen LogP contribution >= 0.6 is 0 Å². The van der Waals surface area contributed by atoms with Crippen LogP contribution in [0.5, 0.6) is 0 Å². The lowest BCUT2D eigenvalue weighted by atomic mass is 9.90. The maximum Gasteiger partial charge on any atom is 0.416 e. The molecule has 5 nitrogen and oxygen atoms in total. The van der Waals surface area contributed by atoms with Crippen molar-refractivity contribution >= 4 is 11.9 Å². The van der Waals surface area contributed by atoms with E-state index in [0.29, 0.717) is 12.0 Å². The minimum Gasteiger partial charge on any atom is -0.443 e. The van der Waals surface area contributed by atoms with E-state index in [1.54, 1.807) is 0 Å². The van der Waals surface area contributed by atoms with E-state index in [9.17, 15) is 4.79 Å². The number of likely N-dealkylation sites (tertiary alicyclic amines) is 1. The van der Waals surface area contributed by atoms with Gasteiger partial charge in [-0.05, 0) is 71.4 Å². The molecule has 2 aliphatic rings. The van der Waals surface area contributed by atoms with Crippen molar-refractivity contribution in [2.75, 3.05) is 18.0 Å². The largest absolute Gasteiger partial charge is 0.443 e. The number of pyridine rings is 1. The minimum atomic E-state index is -0.511. The number of carbonyl (C=O) groups excluding carboxylic acids is 1. The molecule has 0 bridgehead atoms. The van der Waals surface area contributed by atoms with Crippen LogP contribution in [0.1, 0.15) is 84.7 Å². The molecule has 28 heavy (non-hydrogen) atoms. The van der Waals surface area contributed by atoms with Gasteiger partial charge in [0.25, 0.3) is 0 Å². The van der Waals surface area contributed by atoms with E-state index >= 15 is 0 Å². The summed E-state index contributed by atoms with van der Waals surface area (Å²) in [7, 11) is 0. The predicted octanol–water partition coefficient (Wildman–Crippen LogP) is 5.56. The molecular formula is C23H37N3O2. The molecule has 0 unspecified atom stereocenters. The predicted molar refractivity (Wildman–Crippen MR) is 114 cm³/mol. The Labute approximate surface area is 170 Å². The number of hydrogen-bond donors (Lipinski definition) is 0. The number of rotatable bonds is 5. The van der Waals surface area contributed by atoms with Crippen LogP contribution in [-0.2, 0) is 4.74 Å². The van der Waals surface area contributed by atoms with Gasteiger partial charge in [-0.15, -0.1) is 0 Å². The summed E-state index contributed by atoms with van der Waals surface area (Å²) in [5, 5.41) is 0. The van der Waals surface area contributed by atoms with Crippen molar-refractivity contribution in [3.8, 4) is 0 Å². The van der Waals surface area contributed by atoms with Gasteiger partial charge in [0, 0.05) is 30.4 Å². The Bertz CT molecular complexity index is 664. The molecule has 0 N–H and O–H groups in total. The summed E-state index contributed by atoms with van der Waals surface area (Å²) in [6.45, 7) is 12.5. The lowest BCUT2D eigenvalue weighted by molar-refractivity contribution is 0.0546. The highest BCUT2D eigenvalue weighted by atomic mass is 16.6. The molecule has 1 aromatic rings. The Kier molecular flexibility index (Phi) is 6.64. The minimum absolute atomic E-state index is 0.200. The number of hydrogen-bond acceptors (Lipinski definition) is 4. The van der Waals surface area contributed by atoms with E-state index < -0.39 is 5.60 Å². The fraction of sp³-hybridized carbons (Fsp3) is 0.739. The van der Waals surface area contributed by atoms with Gasteiger partial charge < -0.3 is 4.74 Å². The van der Waals surface area contributed by atoms with E-state index in [4.69, 9.17) is 9.72 Å². The molecular weight excluding hydrogens is 350 g/mol. The molecule has 1 aromatic heterocycles. The van der Waals surface area contributed by atoms with Gasteiger partial charge >= 0.3 is 6.09 Å². The van der Waals surface area contributed by atoms with Crippen molar-refractivity contribution in [3.63, 3.8) is 0 Å². The maximum atomic E-state index is 13.1. The van der Waals surface area contributed by atoms with E-state index in [2.05, 4.69) is 24.8 Å². The lowest BCUT2D eigenvalue weighted by Crippen LogP contribution is -2.48. The van der Waals surface area contributed by atoms with Gasteiger partial charge in [0.2, 0.25) is 0 Å². The van der Waals surface area contributed by atoms with Crippen molar-refractivity contribution in [2.24, 2.45) is 5.92 Å². The molecule has 0 aromatic carbocycles. The third-order valence-electron chi connectivity index (χ3n) is 5.65. The number of amides is 1. The van der Waals surface area contributed by atoms with Gasteiger partial charge in [-0.2, -0.15) is 0 Å². The van der Waals surface area contributed by atoms with Crippen molar-refractivity contribution in [3.05, 3.63) is 23.9 Å². The van der Waals surface area contributed by atoms with Gasteiger partial charge in [0.15, 0.2) is 0 Å². The van der Waals surface area contributed by atoms with Gasteiger partial charge in [-0.3, -0.25) is 9.80 Å². The average Bonchev–Trinajstić information content (AvgIpc) is 2.56. The fourth-order valence-electron chi connectivity index (χ4n) is 4.27. The van der Waals surface area contributed by atoms with Crippen LogP contribution in [0.15, 0.2) is 18.3 Å². The van der Waals surface area contributed by atoms with E-state index in [0.717, 1.165) is 44.6 Å². The first-order chi connectivity index (χ1) is 13.3. The third-order valence-corrected chi connectivity index (χ3v) is 5.65. The Morgan fingerprint density at radius 3 is 2.61 bits per heavy atom. The maximum absolute atomic E-state index is 13.1. The van der Waals surface area contributed by atoms with Crippen LogP contribution in [0.25, 0.3) is 0 Å². The molecule has 0 radical (unpaired) electrons. The Morgan fingerprint density at radius 1 is 1.25 bits per heavy atom. The lowest BCUT2D eigenvalue weighted by Gasteiger charge is -2.41. The van der Waals surface area contributed by atoms with E-state index in [-0.39, 0.29) is 12.1 Å². The Hall–Kier alpha value is -1.62. The van der Waals surface area contributed by atoms with Crippen molar-refractivity contribution < 1.29 is 9.53 Å². The second-order valence-electron chi connectivity index (χ2n) is 9.75. The quantitative estimate of drug-likeness (QED) is 0.664. The molecule has 3 rings (SSSR count). The second kappa shape index (κ2) is 8.81. The van der Waals surface area contributed by atoms with Crippen LogP contribution in [0, 0.1) is 5.92 Å². The standard InChI is InChI=1S/C23H37N3O2/c1-17(2)16-25-15-7-6-13-20(25)19-12-9-14-24-21(19)26(18-10-8-11-18)22(27)28-23(3,4)5/h9,12,14,17-18,20H,6-8,10-11,13,15-16H2,1-5H3/t20-/m0/s1. The first-order valence-electron chi connectivity index (χ1n) is 11.0. The zero-order valence-electron chi connectivity index (χ0n) is 18.3. The highest BCUT2D eigenvalue weighted by molar-refractivity contribution is 5.88. The third kappa shape index (κ3) is 5.05. The average molecular weight is 388 g/mol. The Morgan fingerprint density at radius 2 is 2.00 bits per heavy atom. The SMILES string of the molecule is CC(C)CN1CCCC[C@H]1c1cccnc1N(C(=O)OC(C)(C)C)C1CCC1. The number of aromatic nitrogens is 1. The van der Waals surface area contributed by atoms with Crippen LogP contribution in [0.2, 0.25) is 0 Å². The van der Waals surface area contributed by atoms with Crippen LogP contribution in [-0.4, -0.2) is 40.7 Å². The first-order valence-corrected chi connectivity index (χ1v) is 11.0. The molecule has 1 aliphatic heterocycles. The summed E-state index contributed by atoms with van der Waals surface area (Å²) in [5.41, 5.74) is 0.670. The van der Waals surface area contributed by atoms with Gasteiger partial charge in [-0.25, -0.2) is 9.78 Å². The highest BCUT2D eigenvalue weighted by Gasteiger charge is 2.37. The molecule has 1 atom stereocenters. The number of nitrogens with zero attached hydrogens (tertiary/aromatic N) is 3. The summed E-state index contributed by atoms with van der Waals surface area (Å²) in [6.07, 6.45) is 8.35. The fourth-order valence-corrected chi connectivity index (χ4v) is 4.27. The monoisotopic (exact) mass is 387 g/mol. The molecule has 156 valence electrons. The van der Waals surface area contributed by atoms with Crippen LogP contribution in [0.4, 0.5) is 10.6 Å². The van der Waals surface area contributed by atoms with Crippen molar-refractivity contribution in [1.82, 2.24) is 9.88 Å². The van der Waals surface area contributed by atoms with E-state index in [1.165, 1.54) is 18.4 Å². The first kappa shape index (κ1) is 21.1. The van der Waals surface area contributed by atoms with Crippen LogP contribution < -0.4 is 4.90 Å². The summed E-state index contributed by atoms with van der Waals surface area (Å²) >= 11 is 0. The van der Waals surface area contributed by atoms with Crippen molar-refractivity contribution in [2.45, 2.75) is 90.8 Å². The van der Waals surface area contributed by atoms with Gasteiger partial charge in [-0.1, -0.05) is 26.3 Å². The number of piperidine rings is 1. The molecule has 2 heterocycles. The summed E-state index contributed by atoms with van der Waals surface area (Å²) in [5.74, 6) is 1.43. The molecule has 1 aliphatic carbocycles. The zero-order valence-corrected chi connectivity index (χ0v) is 18.3. The van der Waals surface area contributed by atoms with E-state index in [1.807, 2.05) is 37.9 Å². The van der Waals surface area contributed by atoms with Crippen LogP contribution in [0.3, 0.4) is 0 Å². The van der Waals surface area contributed by atoms with Gasteiger partial charge in [0.05, 0.1) is 0 Å². The topological polar surface area (TPSA) is 45.7 Å². The second-order valence-corrected chi connectivity index (χ2v) is 9.75. The summed E-state index contributed by atoms with van der Waals surface area (Å²) in [4.78, 5) is 22.3. The molecule has 1 saturated heterocycles. The molecule has 1 amide bonds. The number of anilines is 1. The number of ether oxygens (including phenoxy) is 1. The summed E-state index contributed by atoms with van der Waals surface area (Å²) in [6, 6.07) is 4.70. The summed E-state index contributed by atoms with van der Waals surface area (Å²) < 4.78 is 5.78. The molecule has 2 fully saturated rings. The number of carbonyl (C=O) groups is 1. The highest BCUT2D eigenvalue weighted by Crippen LogP contribution is 2.39. The smallest absolute Gasteiger partial charge is 0.416 e. The Balaban J connectivity index is 1.94. The van der Waals surface area contributed by atoms with Crippen molar-refractivity contribution in [1.29, 1.82) is 0 Å².